The summed E-state index contributed by atoms with van der Waals surface area (Å²) in [5.74, 6) is -2.67. The minimum atomic E-state index is -4.50. The Morgan fingerprint density at radius 1 is 1.12 bits per heavy atom. The Bertz CT molecular complexity index is 242. The average molecular weight is 256 g/mol. The first-order chi connectivity index (χ1) is 7.35. The normalized spacial score (nSPS) is 22.4. The minimum absolute atomic E-state index is 1.17. The van der Waals surface area contributed by atoms with Crippen LogP contribution in [0.3, 0.4) is 0 Å². The van der Waals surface area contributed by atoms with Gasteiger partial charge < -0.3 is 0 Å². The van der Waals surface area contributed by atoms with E-state index in [-0.39, 0.29) is 0 Å². The van der Waals surface area contributed by atoms with Crippen LogP contribution in [0.25, 0.3) is 0 Å². The summed E-state index contributed by atoms with van der Waals surface area (Å²) < 4.78 is 98.9. The topological polar surface area (TPSA) is 0 Å². The standard InChI is InChI=1S/C8H8F8/c9-1-4(12)7(15)8(16,5(13)2-10)6(14)3-11/h2,4,6-7H,1,3H2/b5-2-. The lowest BCUT2D eigenvalue weighted by Gasteiger charge is -2.29. The first-order valence-corrected chi connectivity index (χ1v) is 4.05. The summed E-state index contributed by atoms with van der Waals surface area (Å²) in [6, 6.07) is 0. The predicted octanol–water partition coefficient (Wildman–Crippen LogP) is 3.43. The van der Waals surface area contributed by atoms with Gasteiger partial charge >= 0.3 is 0 Å². The molecular weight excluding hydrogens is 248 g/mol. The van der Waals surface area contributed by atoms with Crippen LogP contribution in [-0.4, -0.2) is 37.5 Å². The van der Waals surface area contributed by atoms with Crippen molar-refractivity contribution in [2.75, 3.05) is 13.3 Å². The van der Waals surface area contributed by atoms with Gasteiger partial charge in [-0.2, -0.15) is 0 Å². The summed E-state index contributed by atoms with van der Waals surface area (Å²) in [4.78, 5) is 0. The molecule has 0 aliphatic rings. The molecule has 0 nitrogen and oxygen atoms in total. The largest absolute Gasteiger partial charge is 0.248 e. The van der Waals surface area contributed by atoms with Gasteiger partial charge in [-0.1, -0.05) is 0 Å². The Balaban J connectivity index is 5.23. The lowest BCUT2D eigenvalue weighted by atomic mass is 9.91. The van der Waals surface area contributed by atoms with Crippen LogP contribution in [0.5, 0.6) is 0 Å². The zero-order chi connectivity index (χ0) is 12.9. The molecule has 0 rings (SSSR count). The monoisotopic (exact) mass is 256 g/mol. The average Bonchev–Trinajstić information content (AvgIpc) is 2.33. The molecule has 8 heteroatoms. The second-order valence-corrected chi connectivity index (χ2v) is 2.92. The maximum atomic E-state index is 13.3. The van der Waals surface area contributed by atoms with Crippen LogP contribution >= 0.6 is 0 Å². The number of halogens is 8. The van der Waals surface area contributed by atoms with Crippen LogP contribution in [0.4, 0.5) is 35.1 Å². The molecule has 0 aliphatic carbocycles. The molecule has 0 spiro atoms. The lowest BCUT2D eigenvalue weighted by Crippen LogP contribution is -2.50. The van der Waals surface area contributed by atoms with E-state index in [1.807, 2.05) is 0 Å². The third-order valence-electron chi connectivity index (χ3n) is 1.92. The van der Waals surface area contributed by atoms with E-state index in [0.717, 1.165) is 0 Å². The molecule has 0 saturated carbocycles. The molecule has 0 N–H and O–H groups in total. The van der Waals surface area contributed by atoms with Crippen molar-refractivity contribution in [3.63, 3.8) is 0 Å². The van der Waals surface area contributed by atoms with Crippen molar-refractivity contribution in [2.24, 2.45) is 0 Å². The number of hydrogen-bond acceptors (Lipinski definition) is 0. The Morgan fingerprint density at radius 2 is 1.62 bits per heavy atom. The van der Waals surface area contributed by atoms with Gasteiger partial charge in [0.1, 0.15) is 19.7 Å². The second-order valence-electron chi connectivity index (χ2n) is 2.92. The molecule has 0 heterocycles. The van der Waals surface area contributed by atoms with Gasteiger partial charge in [0.25, 0.3) is 0 Å². The highest BCUT2D eigenvalue weighted by Gasteiger charge is 2.55. The zero-order valence-electron chi connectivity index (χ0n) is 7.75. The highest BCUT2D eigenvalue weighted by Crippen LogP contribution is 2.37. The number of hydrogen-bond donors (Lipinski definition) is 0. The van der Waals surface area contributed by atoms with Crippen molar-refractivity contribution >= 4 is 0 Å². The van der Waals surface area contributed by atoms with Gasteiger partial charge in [0.15, 0.2) is 24.3 Å². The van der Waals surface area contributed by atoms with E-state index in [9.17, 15) is 35.1 Å². The fraction of sp³-hybridized carbons (Fsp3) is 0.750. The maximum Gasteiger partial charge on any atom is 0.231 e. The molecule has 0 aromatic heterocycles. The van der Waals surface area contributed by atoms with E-state index in [0.29, 0.717) is 0 Å². The minimum Gasteiger partial charge on any atom is -0.248 e. The van der Waals surface area contributed by atoms with E-state index in [2.05, 4.69) is 0 Å². The molecular formula is C8H8F8. The second kappa shape index (κ2) is 6.05. The molecule has 0 radical (unpaired) electrons. The van der Waals surface area contributed by atoms with Crippen LogP contribution in [0.2, 0.25) is 0 Å². The first-order valence-electron chi connectivity index (χ1n) is 4.05. The Labute approximate surface area is 85.9 Å². The molecule has 0 aliphatic heterocycles. The van der Waals surface area contributed by atoms with Crippen molar-refractivity contribution < 1.29 is 35.1 Å². The SMILES string of the molecule is F/C=C(\F)C(F)(C(F)CF)C(F)C(F)CF. The third kappa shape index (κ3) is 2.65. The van der Waals surface area contributed by atoms with Crippen molar-refractivity contribution in [1.82, 2.24) is 0 Å². The molecule has 4 unspecified atom stereocenters. The lowest BCUT2D eigenvalue weighted by molar-refractivity contribution is -0.0536. The number of alkyl halides is 6. The Kier molecular flexibility index (Phi) is 5.74. The maximum absolute atomic E-state index is 13.3. The molecule has 0 amide bonds. The van der Waals surface area contributed by atoms with E-state index in [1.165, 1.54) is 0 Å². The summed E-state index contributed by atoms with van der Waals surface area (Å²) in [5, 5.41) is 0. The smallest absolute Gasteiger partial charge is 0.231 e. The van der Waals surface area contributed by atoms with Gasteiger partial charge in [-0.15, -0.1) is 0 Å². The molecule has 96 valence electrons. The number of rotatable bonds is 6. The van der Waals surface area contributed by atoms with Crippen LogP contribution in [-0.2, 0) is 0 Å². The highest BCUT2D eigenvalue weighted by atomic mass is 19.2. The Hall–Kier alpha value is -0.820. The van der Waals surface area contributed by atoms with Crippen LogP contribution in [0.15, 0.2) is 12.2 Å². The van der Waals surface area contributed by atoms with Crippen molar-refractivity contribution in [2.45, 2.75) is 24.2 Å². The quantitative estimate of drug-likeness (QED) is 0.639. The summed E-state index contributed by atoms with van der Waals surface area (Å²) in [6.07, 6.45) is -11.5. The molecule has 0 saturated heterocycles. The summed E-state index contributed by atoms with van der Waals surface area (Å²) in [5.41, 5.74) is -4.50. The van der Waals surface area contributed by atoms with Crippen molar-refractivity contribution in [3.05, 3.63) is 12.2 Å². The predicted molar refractivity (Wildman–Crippen MR) is 40.8 cm³/mol. The molecule has 0 fully saturated rings. The first kappa shape index (κ1) is 15.2. The Morgan fingerprint density at radius 3 is 1.94 bits per heavy atom. The van der Waals surface area contributed by atoms with E-state index < -0.39 is 49.7 Å². The van der Waals surface area contributed by atoms with Crippen LogP contribution < -0.4 is 0 Å². The van der Waals surface area contributed by atoms with Gasteiger partial charge in [0.2, 0.25) is 5.67 Å². The van der Waals surface area contributed by atoms with E-state index in [4.69, 9.17) is 0 Å². The molecule has 4 atom stereocenters. The van der Waals surface area contributed by atoms with Crippen LogP contribution in [0, 0.1) is 0 Å². The summed E-state index contributed by atoms with van der Waals surface area (Å²) in [6.45, 7) is -4.29. The fourth-order valence-electron chi connectivity index (χ4n) is 0.991. The highest BCUT2D eigenvalue weighted by molar-refractivity contribution is 5.16. The summed E-state index contributed by atoms with van der Waals surface area (Å²) >= 11 is 0. The van der Waals surface area contributed by atoms with Crippen molar-refractivity contribution in [3.8, 4) is 0 Å². The van der Waals surface area contributed by atoms with Crippen molar-refractivity contribution in [1.29, 1.82) is 0 Å². The fourth-order valence-corrected chi connectivity index (χ4v) is 0.991. The number of allylic oxidation sites excluding steroid dienone is 1. The zero-order valence-corrected chi connectivity index (χ0v) is 7.75. The van der Waals surface area contributed by atoms with Gasteiger partial charge in [0, 0.05) is 0 Å². The van der Waals surface area contributed by atoms with Gasteiger partial charge in [0.05, 0.1) is 0 Å². The summed E-state index contributed by atoms with van der Waals surface area (Å²) in [7, 11) is 0. The third-order valence-corrected chi connectivity index (χ3v) is 1.92. The molecule has 0 aromatic rings. The van der Waals surface area contributed by atoms with Gasteiger partial charge in [-0.3, -0.25) is 0 Å². The molecule has 16 heavy (non-hydrogen) atoms. The molecule has 0 aromatic carbocycles. The van der Waals surface area contributed by atoms with Gasteiger partial charge in [-0.25, -0.2) is 35.1 Å². The van der Waals surface area contributed by atoms with Crippen LogP contribution in [0.1, 0.15) is 0 Å². The molecule has 0 bridgehead atoms. The van der Waals surface area contributed by atoms with E-state index >= 15 is 0 Å². The van der Waals surface area contributed by atoms with E-state index in [1.54, 1.807) is 0 Å². The van der Waals surface area contributed by atoms with Gasteiger partial charge in [-0.05, 0) is 0 Å².